The molecule has 0 aliphatic rings. The van der Waals surface area contributed by atoms with Gasteiger partial charge in [-0.15, -0.1) is 58.8 Å². The van der Waals surface area contributed by atoms with Crippen molar-refractivity contribution in [3.63, 3.8) is 0 Å². The summed E-state index contributed by atoms with van der Waals surface area (Å²) in [4.78, 5) is 92.9. The number of esters is 1. The van der Waals surface area contributed by atoms with E-state index in [4.69, 9.17) is 35.3 Å². The topological polar surface area (TPSA) is 229 Å². The molecule has 680 valence electrons. The lowest BCUT2D eigenvalue weighted by molar-refractivity contribution is -0.131. The van der Waals surface area contributed by atoms with Crippen LogP contribution in [0.3, 0.4) is 0 Å². The van der Waals surface area contributed by atoms with Crippen molar-refractivity contribution in [2.75, 3.05) is 99.0 Å². The number of phenols is 1. The fourth-order valence-corrected chi connectivity index (χ4v) is 16.8. The number of halogens is 2. The maximum Gasteiger partial charge on any atom is 0.337 e. The van der Waals surface area contributed by atoms with E-state index in [-0.39, 0.29) is 53.2 Å². The number of para-hydroxylation sites is 6. The molecule has 11 aromatic rings. The van der Waals surface area contributed by atoms with Crippen LogP contribution in [0, 0.1) is 5.82 Å². The number of ether oxygens (including phenoxy) is 6. The molecule has 0 bridgehead atoms. The molecule has 11 rings (SSSR count). The largest absolute Gasteiger partial charge is 0.508 e. The monoisotopic (exact) mass is 1850 g/mol. The van der Waals surface area contributed by atoms with E-state index in [0.29, 0.717) is 75.4 Å². The zero-order valence-corrected chi connectivity index (χ0v) is 79.8. The number of fused-ring (bicyclic) bond motifs is 1. The number of phenolic OH excluding ortho intramolecular Hbond substituents is 1. The summed E-state index contributed by atoms with van der Waals surface area (Å²) in [6.45, 7) is 6.77. The number of hydrogen-bond donors (Lipinski definition) is 2. The summed E-state index contributed by atoms with van der Waals surface area (Å²) in [6.07, 6.45) is 9.28. The van der Waals surface area contributed by atoms with Gasteiger partial charge < -0.3 is 58.4 Å². The third-order valence-electron chi connectivity index (χ3n) is 19.3. The van der Waals surface area contributed by atoms with Crippen molar-refractivity contribution in [1.82, 2.24) is 34.9 Å². The lowest BCUT2D eigenvalue weighted by Crippen LogP contribution is -2.26. The molecule has 128 heavy (non-hydrogen) atoms. The van der Waals surface area contributed by atoms with Crippen LogP contribution in [0.25, 0.3) is 11.0 Å². The van der Waals surface area contributed by atoms with Gasteiger partial charge in [0.2, 0.25) is 29.5 Å². The van der Waals surface area contributed by atoms with E-state index in [2.05, 4.69) is 20.0 Å². The zero-order valence-electron chi connectivity index (χ0n) is 74.9. The standard InChI is InChI=1S/C21H23N3O2S.C21H25NO4S.C21H27NO3S.C20H25NO3S.C18H19ClFNOS/c1-24(15-16-8-3-6-11-19(16)26-2)21(25)12-7-13-27-20-14-22-17-9-4-5-10-18(17)23-20;1-25-19-7-4-3-6-16(19)13-14-22-20(23)8-5-15-27-18-11-9-17(10-12-18)21(24)26-2;1-16(2)25-20-8-5-4-7-17(20)15-22(3)21(24)9-6-14-26-19-12-10-18(23)11-13-19;1-21(15-16-7-4-5-8-19(16)24-3)20(22)9-6-14-25-18-12-10-17(23-2)11-13-18;1-21(13-14-5-2-3-6-17(14)19)18(22)7-4-12-23-16-10-8-15(20)9-11-16/h3-6,8-11,14H,7,12-13,15H2,1-2H3;3-4,6-7,9-12H,5,8,13-15H2,1-2H3,(H,22,23);4-5,7-8,10-13,16,23H,6,9,14-15H2,1-3H3;4-5,7-8,10-13H,6,9,14-15H2,1-3H3;2-3,5-6,8-11H,4,7,12-13H2,1H3. The Bertz CT molecular complexity index is 5170. The molecule has 27 heteroatoms. The highest BCUT2D eigenvalue weighted by Gasteiger charge is 2.18. The fraction of sp³-hybridized carbons (Fsp3) is 0.327. The average molecular weight is 1850 g/mol. The molecule has 0 radical (unpaired) electrons. The van der Waals surface area contributed by atoms with Crippen LogP contribution in [0.15, 0.2) is 273 Å². The van der Waals surface area contributed by atoms with Crippen molar-refractivity contribution in [2.24, 2.45) is 0 Å². The van der Waals surface area contributed by atoms with Gasteiger partial charge in [0.15, 0.2) is 0 Å². The molecule has 0 spiro atoms. The highest BCUT2D eigenvalue weighted by molar-refractivity contribution is 8.00. The molecule has 0 atom stereocenters. The molecule has 0 aliphatic heterocycles. The van der Waals surface area contributed by atoms with Crippen molar-refractivity contribution in [2.45, 2.75) is 141 Å². The number of hydrogen-bond acceptors (Lipinski definition) is 20. The highest BCUT2D eigenvalue weighted by Crippen LogP contribution is 2.30. The second kappa shape index (κ2) is 59.3. The van der Waals surface area contributed by atoms with Gasteiger partial charge >= 0.3 is 5.97 Å². The molecule has 5 amide bonds. The summed E-state index contributed by atoms with van der Waals surface area (Å²) in [5.74, 6) is 8.76. The summed E-state index contributed by atoms with van der Waals surface area (Å²) in [6, 6.07) is 75.5. The molecule has 0 unspecified atom stereocenters. The fourth-order valence-electron chi connectivity index (χ4n) is 12.4. The first kappa shape index (κ1) is 104. The maximum atomic E-state index is 12.8. The predicted octanol–water partition coefficient (Wildman–Crippen LogP) is 21.8. The molecule has 1 heterocycles. The number of thioether (sulfide) groups is 5. The molecule has 20 nitrogen and oxygen atoms in total. The quantitative estimate of drug-likeness (QED) is 0.0206. The van der Waals surface area contributed by atoms with Crippen LogP contribution in [0.1, 0.15) is 116 Å². The van der Waals surface area contributed by atoms with Crippen LogP contribution in [0.5, 0.6) is 34.5 Å². The SMILES string of the molecule is CC(C)Oc1ccccc1CN(C)C(=O)CCCSc1ccc(O)cc1.CN(Cc1ccccc1Cl)C(=O)CCCSc1ccc(F)cc1.COC(=O)c1ccc(SCCCC(=O)NCCc2ccccc2OC)cc1.COc1ccc(SCCCC(=O)N(C)Cc2ccccc2OC)cc1.COc1ccccc1CN(C)C(=O)CCCSc1cnc2ccccc2n1. The van der Waals surface area contributed by atoms with Crippen LogP contribution in [0.4, 0.5) is 4.39 Å². The van der Waals surface area contributed by atoms with Crippen molar-refractivity contribution in [3.05, 3.63) is 293 Å². The molecule has 0 saturated carbocycles. The number of nitrogens with one attached hydrogen (secondary N) is 1. The first-order valence-electron chi connectivity index (χ1n) is 42.3. The van der Waals surface area contributed by atoms with E-state index in [9.17, 15) is 38.3 Å². The third-order valence-corrected chi connectivity index (χ3v) is 25.1. The minimum Gasteiger partial charge on any atom is -0.508 e. The molecular formula is C101H119ClFN7O13S5. The second-order valence-corrected chi connectivity index (χ2v) is 35.7. The van der Waals surface area contributed by atoms with E-state index in [1.807, 2.05) is 229 Å². The van der Waals surface area contributed by atoms with E-state index >= 15 is 0 Å². The summed E-state index contributed by atoms with van der Waals surface area (Å²) in [7, 11) is 15.3. The number of aromatic nitrogens is 2. The van der Waals surface area contributed by atoms with Gasteiger partial charge in [0.05, 0.1) is 64.4 Å². The number of methoxy groups -OCH3 is 5. The van der Waals surface area contributed by atoms with Crippen LogP contribution >= 0.6 is 70.4 Å². The zero-order chi connectivity index (χ0) is 92.2. The van der Waals surface area contributed by atoms with Crippen molar-refractivity contribution < 1.29 is 66.7 Å². The van der Waals surface area contributed by atoms with Crippen molar-refractivity contribution in [1.29, 1.82) is 0 Å². The number of benzene rings is 10. The second-order valence-electron chi connectivity index (χ2n) is 29.5. The third kappa shape index (κ3) is 39.4. The van der Waals surface area contributed by atoms with Gasteiger partial charge in [-0.3, -0.25) is 29.0 Å². The van der Waals surface area contributed by atoms with Crippen LogP contribution in [-0.2, 0) is 61.3 Å². The predicted molar refractivity (Wildman–Crippen MR) is 520 cm³/mol. The minimum absolute atomic E-state index is 0.0616. The van der Waals surface area contributed by atoms with E-state index < -0.39 is 0 Å². The van der Waals surface area contributed by atoms with Crippen LogP contribution in [-0.4, -0.2) is 175 Å². The minimum atomic E-state index is -0.337. The van der Waals surface area contributed by atoms with E-state index in [1.54, 1.807) is 156 Å². The van der Waals surface area contributed by atoms with Gasteiger partial charge in [-0.2, -0.15) is 0 Å². The van der Waals surface area contributed by atoms with Gasteiger partial charge in [0.1, 0.15) is 45.3 Å². The average Bonchev–Trinajstić information content (AvgIpc) is 0.845. The Morgan fingerprint density at radius 1 is 0.414 bits per heavy atom. The summed E-state index contributed by atoms with van der Waals surface area (Å²) in [5, 5.41) is 13.8. The van der Waals surface area contributed by atoms with E-state index in [0.717, 1.165) is 155 Å². The van der Waals surface area contributed by atoms with E-state index in [1.165, 1.54) is 24.1 Å². The Kier molecular flexibility index (Phi) is 48.3. The number of aromatic hydroxyl groups is 1. The normalized spacial score (nSPS) is 10.5. The Labute approximate surface area is 780 Å². The van der Waals surface area contributed by atoms with Gasteiger partial charge in [-0.1, -0.05) is 115 Å². The molecule has 0 aliphatic carbocycles. The lowest BCUT2D eigenvalue weighted by atomic mass is 10.1. The molecule has 0 fully saturated rings. The number of nitrogens with zero attached hydrogens (tertiary/aromatic N) is 6. The lowest BCUT2D eigenvalue weighted by Gasteiger charge is -2.20. The number of rotatable bonds is 43. The Morgan fingerprint density at radius 2 is 0.773 bits per heavy atom. The van der Waals surface area contributed by atoms with Gasteiger partial charge in [-0.25, -0.2) is 14.2 Å². The number of carbonyl (C=O) groups excluding carboxylic acids is 6. The molecule has 1 aromatic heterocycles. The molecule has 2 N–H and O–H groups in total. The Balaban J connectivity index is 0.000000219. The van der Waals surface area contributed by atoms with Crippen LogP contribution < -0.4 is 29.0 Å². The summed E-state index contributed by atoms with van der Waals surface area (Å²) < 4.78 is 44.5. The van der Waals surface area contributed by atoms with Crippen LogP contribution in [0.2, 0.25) is 5.02 Å². The molecule has 10 aromatic carbocycles. The van der Waals surface area contributed by atoms with Gasteiger partial charge in [-0.05, 0) is 226 Å². The molecule has 0 saturated heterocycles. The van der Waals surface area contributed by atoms with Crippen molar-refractivity contribution in [3.8, 4) is 34.5 Å². The summed E-state index contributed by atoms with van der Waals surface area (Å²) in [5.41, 5.74) is 7.43. The molecular weight excluding hydrogens is 1730 g/mol. The highest BCUT2D eigenvalue weighted by atomic mass is 35.5. The first-order valence-corrected chi connectivity index (χ1v) is 47.6. The van der Waals surface area contributed by atoms with Gasteiger partial charge in [0, 0.05) is 140 Å². The summed E-state index contributed by atoms with van der Waals surface area (Å²) >= 11 is 14.5. The Hall–Kier alpha value is -10.9. The number of amides is 5. The number of carbonyl (C=O) groups is 6. The maximum absolute atomic E-state index is 12.8. The van der Waals surface area contributed by atoms with Gasteiger partial charge in [0.25, 0.3) is 0 Å². The smallest absolute Gasteiger partial charge is 0.337 e. The Morgan fingerprint density at radius 3 is 1.21 bits per heavy atom. The van der Waals surface area contributed by atoms with Crippen molar-refractivity contribution >= 4 is 117 Å². The first-order chi connectivity index (χ1) is 61.9.